The van der Waals surface area contributed by atoms with Gasteiger partial charge in [0.2, 0.25) is 5.60 Å². The van der Waals surface area contributed by atoms with Gasteiger partial charge >= 0.3 is 23.9 Å². The Hall–Kier alpha value is -5.02. The number of hydrogen-bond donors (Lipinski definition) is 3. The summed E-state index contributed by atoms with van der Waals surface area (Å²) in [6.07, 6.45) is 13.7. The molecule has 3 N–H and O–H groups in total. The number of benzene rings is 1. The molecule has 14 nitrogen and oxygen atoms in total. The van der Waals surface area contributed by atoms with Gasteiger partial charge in [0.05, 0.1) is 26.4 Å². The van der Waals surface area contributed by atoms with Gasteiger partial charge in [-0.2, -0.15) is 0 Å². The summed E-state index contributed by atoms with van der Waals surface area (Å²) in [5.74, 6) is -3.62. The van der Waals surface area contributed by atoms with Crippen molar-refractivity contribution < 1.29 is 48.3 Å². The number of methoxy groups -OCH3 is 3. The lowest BCUT2D eigenvalue weighted by Gasteiger charge is -2.63. The Bertz CT molecular complexity index is 2400. The molecule has 62 heavy (non-hydrogen) atoms. The number of carboxylic acids is 1. The molecule has 1 spiro atoms. The van der Waals surface area contributed by atoms with Crippen molar-refractivity contribution in [1.82, 2.24) is 19.7 Å². The van der Waals surface area contributed by atoms with Gasteiger partial charge in [0.1, 0.15) is 5.41 Å². The number of hydrogen-bond acceptors (Lipinski definition) is 12. The van der Waals surface area contributed by atoms with Gasteiger partial charge in [-0.15, -0.1) is 0 Å². The van der Waals surface area contributed by atoms with Crippen molar-refractivity contribution in [2.45, 2.75) is 88.3 Å². The summed E-state index contributed by atoms with van der Waals surface area (Å²) in [7, 11) is 6.19. The zero-order valence-corrected chi connectivity index (χ0v) is 36.6. The third kappa shape index (κ3) is 5.68. The fourth-order valence-corrected chi connectivity index (χ4v) is 13.6. The van der Waals surface area contributed by atoms with Crippen LogP contribution in [0.4, 0.5) is 0 Å². The third-order valence-corrected chi connectivity index (χ3v) is 15.7. The Morgan fingerprint density at radius 3 is 2.47 bits per heavy atom. The molecule has 2 saturated heterocycles. The quantitative estimate of drug-likeness (QED) is 0.140. The number of fused-ring (bicyclic) bond motifs is 6. The predicted octanol–water partition coefficient (Wildman–Crippen LogP) is 4.49. The first-order valence-electron chi connectivity index (χ1n) is 21.8. The highest BCUT2D eigenvalue weighted by Gasteiger charge is 2.81. The second kappa shape index (κ2) is 15.1. The Balaban J connectivity index is 1.33. The van der Waals surface area contributed by atoms with Crippen LogP contribution in [0.2, 0.25) is 0 Å². The summed E-state index contributed by atoms with van der Waals surface area (Å²) >= 11 is 0. The van der Waals surface area contributed by atoms with Crippen LogP contribution >= 0.6 is 0 Å². The van der Waals surface area contributed by atoms with Crippen LogP contribution in [-0.2, 0) is 50.1 Å². The highest BCUT2D eigenvalue weighted by atomic mass is 16.6. The molecule has 2 bridgehead atoms. The van der Waals surface area contributed by atoms with E-state index in [1.807, 2.05) is 49.2 Å². The first-order chi connectivity index (χ1) is 29.7. The van der Waals surface area contributed by atoms with Gasteiger partial charge in [0.15, 0.2) is 6.10 Å². The fourth-order valence-electron chi connectivity index (χ4n) is 13.6. The maximum atomic E-state index is 15.4. The molecule has 1 aromatic carbocycles. The number of allylic oxidation sites excluding steroid dienone is 1. The lowest BCUT2D eigenvalue weighted by atomic mass is 9.47. The number of likely N-dealkylation sites (tertiary alicyclic amines) is 1. The molecule has 6 heterocycles. The summed E-state index contributed by atoms with van der Waals surface area (Å²) in [5, 5.41) is 23.7. The number of carbonyl (C=O) groups is 4. The number of nitrogens with one attached hydrogen (secondary N) is 1. The molecule has 3 fully saturated rings. The Morgan fingerprint density at radius 2 is 1.79 bits per heavy atom. The predicted molar refractivity (Wildman–Crippen MR) is 229 cm³/mol. The zero-order chi connectivity index (χ0) is 44.1. The number of rotatable bonds is 9. The lowest BCUT2D eigenvalue weighted by molar-refractivity contribution is -0.243. The number of carboxylic acid groups (broad SMARTS) is 1. The van der Waals surface area contributed by atoms with Gasteiger partial charge < -0.3 is 39.0 Å². The molecule has 2 aromatic rings. The van der Waals surface area contributed by atoms with Gasteiger partial charge in [-0.25, -0.2) is 9.59 Å². The molecule has 9 rings (SSSR count). The summed E-state index contributed by atoms with van der Waals surface area (Å²) in [6, 6.07) is 4.55. The van der Waals surface area contributed by atoms with E-state index in [1.54, 1.807) is 13.2 Å². The van der Waals surface area contributed by atoms with Crippen LogP contribution in [0, 0.1) is 22.7 Å². The van der Waals surface area contributed by atoms with Gasteiger partial charge in [-0.05, 0) is 79.1 Å². The first kappa shape index (κ1) is 42.3. The number of aromatic nitrogens is 1. The molecule has 2 aliphatic carbocycles. The van der Waals surface area contributed by atoms with Crippen molar-refractivity contribution in [3.63, 3.8) is 0 Å². The van der Waals surface area contributed by atoms with Crippen molar-refractivity contribution in [2.24, 2.45) is 22.7 Å². The average Bonchev–Trinajstić information content (AvgIpc) is 3.91. The number of likely N-dealkylation sites (N-methyl/N-ethyl adjacent to an activating group) is 1. The van der Waals surface area contributed by atoms with Crippen LogP contribution in [0.5, 0.6) is 0 Å². The van der Waals surface area contributed by atoms with E-state index in [4.69, 9.17) is 18.9 Å². The maximum Gasteiger partial charge on any atom is 0.344 e. The van der Waals surface area contributed by atoms with Crippen LogP contribution in [0.1, 0.15) is 63.3 Å². The largest absolute Gasteiger partial charge is 0.478 e. The first-order valence-corrected chi connectivity index (χ1v) is 21.8. The number of aliphatic hydroxyl groups is 1. The van der Waals surface area contributed by atoms with Crippen LogP contribution < -0.4 is 0 Å². The van der Waals surface area contributed by atoms with Gasteiger partial charge in [-0.1, -0.05) is 49.8 Å². The molecule has 11 atom stereocenters. The minimum Gasteiger partial charge on any atom is -0.478 e. The molecular formula is C48H58N4O10. The van der Waals surface area contributed by atoms with E-state index in [2.05, 4.69) is 39.9 Å². The summed E-state index contributed by atoms with van der Waals surface area (Å²) in [5.41, 5.74) is 0.629. The number of ether oxygens (including phenoxy) is 4. The smallest absolute Gasteiger partial charge is 0.344 e. The van der Waals surface area contributed by atoms with Gasteiger partial charge in [-0.3, -0.25) is 19.4 Å². The van der Waals surface area contributed by atoms with E-state index in [0.29, 0.717) is 44.5 Å². The van der Waals surface area contributed by atoms with Gasteiger partial charge in [0, 0.05) is 98.4 Å². The molecule has 3 unspecified atom stereocenters. The number of H-pyrrole nitrogens is 1. The topological polar surface area (TPSA) is 171 Å². The van der Waals surface area contributed by atoms with Crippen LogP contribution in [0.15, 0.2) is 71.5 Å². The number of aliphatic carboxylic acids is 1. The van der Waals surface area contributed by atoms with Crippen LogP contribution in [0.25, 0.3) is 17.0 Å². The number of nitrogens with zero attached hydrogens (tertiary/aromatic N) is 3. The van der Waals surface area contributed by atoms with Crippen molar-refractivity contribution in [3.8, 4) is 0 Å². The van der Waals surface area contributed by atoms with Crippen molar-refractivity contribution in [3.05, 3.63) is 88.3 Å². The van der Waals surface area contributed by atoms with E-state index in [9.17, 15) is 24.6 Å². The standard InChI is InChI=1S/C48H58N4O10/c1-8-28-19-30-23-47(43(56)60-6,39-32(26-51(24-28)25-30)31-20-29(12-14-38(54)55)11-13-35(31)49-39)34-21-33-36(22-37(34)59-5)50(4)41-46(33)16-18-52-17-10-15-45(9-2,40(46)52)42(62-27(3)53)48(41,58)44(57)61-7/h10-15,19-22,30,34,37,40-42,49,58H,8-9,16-18,23-26H2,1-7H3,(H,54,55)/b14-12+/t30-,34?,37?,40+,41-,42-,45-,46-,47+,48+/m1/s1. The normalized spacial score (nSPS) is 36.9. The number of aromatic amines is 1. The Labute approximate surface area is 361 Å². The van der Waals surface area contributed by atoms with Gasteiger partial charge in [0.25, 0.3) is 0 Å². The van der Waals surface area contributed by atoms with Crippen LogP contribution in [-0.4, -0.2) is 138 Å². The van der Waals surface area contributed by atoms with Crippen molar-refractivity contribution in [1.29, 1.82) is 0 Å². The molecular weight excluding hydrogens is 793 g/mol. The van der Waals surface area contributed by atoms with E-state index in [0.717, 1.165) is 59.0 Å². The summed E-state index contributed by atoms with van der Waals surface area (Å²) in [6.45, 7) is 8.82. The lowest BCUT2D eigenvalue weighted by Crippen LogP contribution is -2.79. The molecule has 1 aromatic heterocycles. The SMILES string of the molecule is CCC1=C[C@H]2CN(C1)Cc1c([nH]c3ccc(/C=C/C(=O)O)cc13)[C@@](C(=O)OC)(C1C=C3C(=CC1OC)N(C)[C@H]1[C@@](O)(C(=O)OC)[C@H](OC(C)=O)[C@]4(CC)C=CCN5CC[C@]31[C@@H]54)C2. The van der Waals surface area contributed by atoms with Crippen LogP contribution in [0.3, 0.4) is 0 Å². The molecule has 1 saturated carbocycles. The fraction of sp³-hybridized carbons (Fsp3) is 0.542. The number of esters is 3. The minimum absolute atomic E-state index is 0.0216. The van der Waals surface area contributed by atoms with Crippen molar-refractivity contribution in [2.75, 3.05) is 54.6 Å². The second-order valence-corrected chi connectivity index (χ2v) is 18.5. The molecule has 5 aliphatic heterocycles. The summed E-state index contributed by atoms with van der Waals surface area (Å²) < 4.78 is 24.1. The molecule has 14 heteroatoms. The summed E-state index contributed by atoms with van der Waals surface area (Å²) in [4.78, 5) is 64.9. The molecule has 0 amide bonds. The third-order valence-electron chi connectivity index (χ3n) is 15.7. The Kier molecular flexibility index (Phi) is 10.3. The van der Waals surface area contributed by atoms with E-state index < -0.39 is 69.9 Å². The molecule has 330 valence electrons. The molecule has 0 radical (unpaired) electrons. The highest BCUT2D eigenvalue weighted by Crippen LogP contribution is 2.70. The highest BCUT2D eigenvalue weighted by molar-refractivity contribution is 5.93. The van der Waals surface area contributed by atoms with E-state index in [1.165, 1.54) is 26.7 Å². The Morgan fingerprint density at radius 1 is 1.02 bits per heavy atom. The minimum atomic E-state index is -2.30. The average molecular weight is 851 g/mol. The number of carbonyl (C=O) groups excluding carboxylic acids is 3. The molecule has 7 aliphatic rings. The zero-order valence-electron chi connectivity index (χ0n) is 36.6. The second-order valence-electron chi connectivity index (χ2n) is 18.5. The van der Waals surface area contributed by atoms with E-state index in [-0.39, 0.29) is 12.0 Å². The monoisotopic (exact) mass is 850 g/mol. The van der Waals surface area contributed by atoms with Crippen molar-refractivity contribution >= 4 is 40.9 Å². The van der Waals surface area contributed by atoms with E-state index >= 15 is 4.79 Å². The maximum absolute atomic E-state index is 15.4.